The lowest BCUT2D eigenvalue weighted by atomic mass is 10.2. The summed E-state index contributed by atoms with van der Waals surface area (Å²) in [6, 6.07) is 0.439. The quantitative estimate of drug-likeness (QED) is 0.738. The number of rotatable bonds is 3. The zero-order valence-electron chi connectivity index (χ0n) is 14.4. The summed E-state index contributed by atoms with van der Waals surface area (Å²) in [5, 5.41) is 0. The molecule has 0 spiro atoms. The maximum atomic E-state index is 12.9. The molecule has 3 aromatic heterocycles. The van der Waals surface area contributed by atoms with E-state index in [4.69, 9.17) is 0 Å². The molecule has 4 rings (SSSR count). The number of nitrogens with zero attached hydrogens (tertiary/aromatic N) is 5. The summed E-state index contributed by atoms with van der Waals surface area (Å²) in [4.78, 5) is 30.0. The van der Waals surface area contributed by atoms with Crippen LogP contribution in [-0.4, -0.2) is 23.1 Å². The summed E-state index contributed by atoms with van der Waals surface area (Å²) in [5.41, 5.74) is 1.55. The van der Waals surface area contributed by atoms with E-state index >= 15 is 0 Å². The van der Waals surface area contributed by atoms with Crippen molar-refractivity contribution in [1.29, 1.82) is 0 Å². The van der Waals surface area contributed by atoms with E-state index in [2.05, 4.69) is 16.5 Å². The lowest BCUT2D eigenvalue weighted by Crippen LogP contribution is -2.39. The molecule has 128 valence electrons. The number of imidazole rings is 2. The average molecular weight is 329 g/mol. The van der Waals surface area contributed by atoms with Gasteiger partial charge in [0.15, 0.2) is 11.2 Å². The summed E-state index contributed by atoms with van der Waals surface area (Å²) in [6.07, 6.45) is 7.48. The van der Waals surface area contributed by atoms with Gasteiger partial charge in [0.05, 0.1) is 0 Å². The van der Waals surface area contributed by atoms with Crippen molar-refractivity contribution in [1.82, 2.24) is 23.1 Å². The van der Waals surface area contributed by atoms with Crippen molar-refractivity contribution in [3.05, 3.63) is 32.7 Å². The molecule has 3 aromatic rings. The van der Waals surface area contributed by atoms with Crippen molar-refractivity contribution in [3.8, 4) is 0 Å². The van der Waals surface area contributed by atoms with Gasteiger partial charge in [0.2, 0.25) is 5.78 Å². The van der Waals surface area contributed by atoms with Crippen molar-refractivity contribution in [2.24, 2.45) is 7.05 Å². The van der Waals surface area contributed by atoms with Gasteiger partial charge in [-0.05, 0) is 26.2 Å². The van der Waals surface area contributed by atoms with Crippen LogP contribution in [0.5, 0.6) is 0 Å². The molecule has 0 amide bonds. The van der Waals surface area contributed by atoms with Gasteiger partial charge in [0.25, 0.3) is 5.56 Å². The van der Waals surface area contributed by atoms with E-state index in [0.29, 0.717) is 23.8 Å². The van der Waals surface area contributed by atoms with Crippen molar-refractivity contribution >= 4 is 16.9 Å². The van der Waals surface area contributed by atoms with Crippen LogP contribution in [-0.2, 0) is 13.6 Å². The molecule has 0 aliphatic heterocycles. The van der Waals surface area contributed by atoms with Crippen molar-refractivity contribution in [3.63, 3.8) is 0 Å². The molecule has 0 atom stereocenters. The second kappa shape index (κ2) is 5.36. The van der Waals surface area contributed by atoms with Crippen LogP contribution in [0.3, 0.4) is 0 Å². The highest BCUT2D eigenvalue weighted by atomic mass is 16.2. The first-order valence-electron chi connectivity index (χ1n) is 8.74. The largest absolute Gasteiger partial charge is 0.332 e. The van der Waals surface area contributed by atoms with Crippen LogP contribution >= 0.6 is 0 Å². The first-order chi connectivity index (χ1) is 11.5. The van der Waals surface area contributed by atoms with Gasteiger partial charge in [0.1, 0.15) is 0 Å². The normalized spacial score (nSPS) is 16.0. The van der Waals surface area contributed by atoms with E-state index in [1.165, 1.54) is 22.0 Å². The Morgan fingerprint density at radius 2 is 1.96 bits per heavy atom. The van der Waals surface area contributed by atoms with Crippen LogP contribution in [0.4, 0.5) is 0 Å². The topological polar surface area (TPSA) is 66.2 Å². The average Bonchev–Trinajstić information content (AvgIpc) is 3.24. The number of hydrogen-bond acceptors (Lipinski definition) is 3. The fraction of sp³-hybridized carbons (Fsp3) is 0.588. The first-order valence-corrected chi connectivity index (χ1v) is 8.74. The minimum atomic E-state index is -0.292. The van der Waals surface area contributed by atoms with Gasteiger partial charge in [-0.3, -0.25) is 18.3 Å². The lowest BCUT2D eigenvalue weighted by Gasteiger charge is -2.13. The minimum Gasteiger partial charge on any atom is -0.311 e. The molecule has 7 heteroatoms. The molecule has 1 saturated carbocycles. The highest BCUT2D eigenvalue weighted by molar-refractivity contribution is 5.75. The van der Waals surface area contributed by atoms with Gasteiger partial charge >= 0.3 is 5.69 Å². The van der Waals surface area contributed by atoms with Gasteiger partial charge in [-0.15, -0.1) is 0 Å². The Labute approximate surface area is 139 Å². The molecule has 1 aliphatic rings. The third-order valence-electron chi connectivity index (χ3n) is 5.21. The summed E-state index contributed by atoms with van der Waals surface area (Å²) in [5.74, 6) is 0.774. The van der Waals surface area contributed by atoms with Crippen LogP contribution in [0.2, 0.25) is 0 Å². The van der Waals surface area contributed by atoms with Crippen LogP contribution in [0.15, 0.2) is 15.8 Å². The fourth-order valence-electron chi connectivity index (χ4n) is 4.06. The van der Waals surface area contributed by atoms with Gasteiger partial charge in [-0.25, -0.2) is 4.79 Å². The molecule has 0 saturated heterocycles. The molecule has 0 radical (unpaired) electrons. The predicted molar refractivity (Wildman–Crippen MR) is 92.7 cm³/mol. The van der Waals surface area contributed by atoms with Crippen molar-refractivity contribution in [2.45, 2.75) is 58.5 Å². The molecular formula is C17H23N5O2. The zero-order valence-corrected chi connectivity index (χ0v) is 14.4. The van der Waals surface area contributed by atoms with E-state index in [-0.39, 0.29) is 11.2 Å². The van der Waals surface area contributed by atoms with E-state index in [1.54, 1.807) is 7.05 Å². The van der Waals surface area contributed by atoms with Gasteiger partial charge in [-0.1, -0.05) is 19.8 Å². The number of fused-ring (bicyclic) bond motifs is 3. The standard InChI is InChI=1S/C17H23N5O2/c1-4-9-20-15(23)13-14(19(3)17(20)24)18-16-21(13)10-11(2)22(16)12-7-5-6-8-12/h10,12H,4-9H2,1-3H3. The van der Waals surface area contributed by atoms with E-state index in [1.807, 2.05) is 17.5 Å². The molecule has 24 heavy (non-hydrogen) atoms. The molecule has 0 bridgehead atoms. The zero-order chi connectivity index (χ0) is 17.0. The molecule has 1 fully saturated rings. The molecule has 0 N–H and O–H groups in total. The van der Waals surface area contributed by atoms with E-state index < -0.39 is 0 Å². The second-order valence-corrected chi connectivity index (χ2v) is 6.83. The van der Waals surface area contributed by atoms with E-state index in [9.17, 15) is 9.59 Å². The predicted octanol–water partition coefficient (Wildman–Crippen LogP) is 1.98. The number of aromatic nitrogens is 5. The maximum Gasteiger partial charge on any atom is 0.332 e. The third-order valence-corrected chi connectivity index (χ3v) is 5.21. The highest BCUT2D eigenvalue weighted by Gasteiger charge is 2.24. The summed E-state index contributed by atoms with van der Waals surface area (Å²) in [6.45, 7) is 4.45. The number of aryl methyl sites for hydroxylation is 2. The number of hydrogen-bond donors (Lipinski definition) is 0. The summed E-state index contributed by atoms with van der Waals surface area (Å²) in [7, 11) is 1.69. The maximum absolute atomic E-state index is 12.9. The fourth-order valence-corrected chi connectivity index (χ4v) is 4.06. The van der Waals surface area contributed by atoms with Gasteiger partial charge in [0, 0.05) is 31.5 Å². The van der Waals surface area contributed by atoms with Gasteiger partial charge < -0.3 is 4.57 Å². The van der Waals surface area contributed by atoms with Crippen LogP contribution in [0.1, 0.15) is 50.8 Å². The molecular weight excluding hydrogens is 306 g/mol. The molecule has 1 aliphatic carbocycles. The monoisotopic (exact) mass is 329 g/mol. The van der Waals surface area contributed by atoms with Crippen LogP contribution < -0.4 is 11.2 Å². The Morgan fingerprint density at radius 1 is 1.25 bits per heavy atom. The third kappa shape index (κ3) is 1.93. The Morgan fingerprint density at radius 3 is 2.62 bits per heavy atom. The summed E-state index contributed by atoms with van der Waals surface area (Å²) >= 11 is 0. The SMILES string of the molecule is CCCn1c(=O)c2c(nc3n(C4CCCC4)c(C)cn23)n(C)c1=O. The second-order valence-electron chi connectivity index (χ2n) is 6.83. The van der Waals surface area contributed by atoms with Crippen LogP contribution in [0, 0.1) is 6.92 Å². The van der Waals surface area contributed by atoms with Crippen molar-refractivity contribution in [2.75, 3.05) is 0 Å². The highest BCUT2D eigenvalue weighted by Crippen LogP contribution is 2.32. The molecule has 7 nitrogen and oxygen atoms in total. The minimum absolute atomic E-state index is 0.244. The van der Waals surface area contributed by atoms with Gasteiger partial charge in [-0.2, -0.15) is 4.98 Å². The Kier molecular flexibility index (Phi) is 3.40. The Hall–Kier alpha value is -2.31. The molecule has 0 aromatic carbocycles. The smallest absolute Gasteiger partial charge is 0.311 e. The first kappa shape index (κ1) is 15.2. The van der Waals surface area contributed by atoms with E-state index in [0.717, 1.165) is 30.7 Å². The van der Waals surface area contributed by atoms with Crippen LogP contribution in [0.25, 0.3) is 16.9 Å². The molecule has 3 heterocycles. The lowest BCUT2D eigenvalue weighted by molar-refractivity contribution is 0.520. The Balaban J connectivity index is 2.10. The molecule has 0 unspecified atom stereocenters. The van der Waals surface area contributed by atoms with Crippen molar-refractivity contribution < 1.29 is 0 Å². The summed E-state index contributed by atoms with van der Waals surface area (Å²) < 4.78 is 6.92. The Bertz CT molecular complexity index is 1040.